The Morgan fingerprint density at radius 1 is 1.25 bits per heavy atom. The number of rotatable bonds is 2. The number of nitrogens with zero attached hydrogens (tertiary/aromatic N) is 1. The molecule has 1 aliphatic carbocycles. The van der Waals surface area contributed by atoms with Gasteiger partial charge in [-0.15, -0.1) is 0 Å². The van der Waals surface area contributed by atoms with E-state index in [1.54, 1.807) is 12.1 Å². The van der Waals surface area contributed by atoms with E-state index in [2.05, 4.69) is 11.4 Å². The summed E-state index contributed by atoms with van der Waals surface area (Å²) in [7, 11) is 0. The zero-order valence-corrected chi connectivity index (χ0v) is 9.93. The third-order valence-electron chi connectivity index (χ3n) is 3.07. The molecule has 0 heterocycles. The lowest BCUT2D eigenvalue weighted by atomic mass is 9.95. The van der Waals surface area contributed by atoms with Gasteiger partial charge >= 0.3 is 0 Å². The average molecular weight is 235 g/mol. The maximum absolute atomic E-state index is 9.01. The first-order valence-corrected chi connectivity index (χ1v) is 6.13. The largest absolute Gasteiger partial charge is 0.381 e. The SMILES string of the molecule is N#Cc1ccc(Cl)cc1NC1CCCCC1. The molecular weight excluding hydrogens is 220 g/mol. The van der Waals surface area contributed by atoms with Gasteiger partial charge in [0.05, 0.1) is 11.3 Å². The fourth-order valence-electron chi connectivity index (χ4n) is 2.20. The second-order valence-electron chi connectivity index (χ2n) is 4.28. The van der Waals surface area contributed by atoms with Crippen LogP contribution in [0.3, 0.4) is 0 Å². The molecule has 0 amide bonds. The molecule has 2 rings (SSSR count). The molecule has 1 aliphatic rings. The predicted molar refractivity (Wildman–Crippen MR) is 66.7 cm³/mol. The quantitative estimate of drug-likeness (QED) is 0.841. The Hall–Kier alpha value is -1.20. The minimum atomic E-state index is 0.499. The monoisotopic (exact) mass is 234 g/mol. The molecule has 0 aromatic heterocycles. The summed E-state index contributed by atoms with van der Waals surface area (Å²) in [4.78, 5) is 0. The summed E-state index contributed by atoms with van der Waals surface area (Å²) in [5, 5.41) is 13.1. The molecule has 0 aliphatic heterocycles. The predicted octanol–water partition coefficient (Wildman–Crippen LogP) is 3.96. The Kier molecular flexibility index (Phi) is 3.69. The lowest BCUT2D eigenvalue weighted by Gasteiger charge is -2.24. The zero-order valence-electron chi connectivity index (χ0n) is 9.17. The van der Waals surface area contributed by atoms with Crippen molar-refractivity contribution >= 4 is 17.3 Å². The van der Waals surface area contributed by atoms with Crippen molar-refractivity contribution in [1.82, 2.24) is 0 Å². The maximum Gasteiger partial charge on any atom is 0.101 e. The Balaban J connectivity index is 2.13. The van der Waals surface area contributed by atoms with Gasteiger partial charge in [-0.25, -0.2) is 0 Å². The molecule has 1 aromatic rings. The highest BCUT2D eigenvalue weighted by Crippen LogP contribution is 2.25. The highest BCUT2D eigenvalue weighted by molar-refractivity contribution is 6.30. The van der Waals surface area contributed by atoms with Gasteiger partial charge in [0.25, 0.3) is 0 Å². The van der Waals surface area contributed by atoms with Gasteiger partial charge in [-0.05, 0) is 31.0 Å². The second-order valence-corrected chi connectivity index (χ2v) is 4.72. The fourth-order valence-corrected chi connectivity index (χ4v) is 2.37. The molecule has 84 valence electrons. The fraction of sp³-hybridized carbons (Fsp3) is 0.462. The van der Waals surface area contributed by atoms with E-state index in [0.717, 1.165) is 5.69 Å². The van der Waals surface area contributed by atoms with Gasteiger partial charge in [0.2, 0.25) is 0 Å². The van der Waals surface area contributed by atoms with Crippen LogP contribution in [0.1, 0.15) is 37.7 Å². The van der Waals surface area contributed by atoms with Gasteiger partial charge in [0.1, 0.15) is 6.07 Å². The molecule has 1 fully saturated rings. The maximum atomic E-state index is 9.01. The Morgan fingerprint density at radius 3 is 2.69 bits per heavy atom. The summed E-state index contributed by atoms with van der Waals surface area (Å²) in [5.41, 5.74) is 1.55. The smallest absolute Gasteiger partial charge is 0.101 e. The van der Waals surface area contributed by atoms with E-state index in [-0.39, 0.29) is 0 Å². The summed E-state index contributed by atoms with van der Waals surface area (Å²) < 4.78 is 0. The number of nitrogens with one attached hydrogen (secondary N) is 1. The zero-order chi connectivity index (χ0) is 11.4. The molecule has 0 unspecified atom stereocenters. The number of hydrogen-bond acceptors (Lipinski definition) is 2. The Bertz CT molecular complexity index is 403. The van der Waals surface area contributed by atoms with Crippen LogP contribution in [0.5, 0.6) is 0 Å². The van der Waals surface area contributed by atoms with E-state index in [1.807, 2.05) is 6.07 Å². The van der Waals surface area contributed by atoms with Crippen molar-refractivity contribution in [2.24, 2.45) is 0 Å². The normalized spacial score (nSPS) is 16.8. The Labute approximate surface area is 101 Å². The summed E-state index contributed by atoms with van der Waals surface area (Å²) in [6.45, 7) is 0. The van der Waals surface area contributed by atoms with Crippen molar-refractivity contribution < 1.29 is 0 Å². The van der Waals surface area contributed by atoms with Crippen LogP contribution in [0.15, 0.2) is 18.2 Å². The van der Waals surface area contributed by atoms with E-state index in [4.69, 9.17) is 16.9 Å². The highest BCUT2D eigenvalue weighted by atomic mass is 35.5. The third kappa shape index (κ3) is 2.68. The van der Waals surface area contributed by atoms with Gasteiger partial charge in [-0.3, -0.25) is 0 Å². The molecule has 0 saturated heterocycles. The third-order valence-corrected chi connectivity index (χ3v) is 3.30. The number of benzene rings is 1. The number of hydrogen-bond donors (Lipinski definition) is 1. The van der Waals surface area contributed by atoms with Crippen LogP contribution in [0.4, 0.5) is 5.69 Å². The minimum absolute atomic E-state index is 0.499. The minimum Gasteiger partial charge on any atom is -0.381 e. The number of anilines is 1. The lowest BCUT2D eigenvalue weighted by Crippen LogP contribution is -2.22. The first-order chi connectivity index (χ1) is 7.79. The van der Waals surface area contributed by atoms with Crippen molar-refractivity contribution in [1.29, 1.82) is 5.26 Å². The van der Waals surface area contributed by atoms with Crippen LogP contribution >= 0.6 is 11.6 Å². The summed E-state index contributed by atoms with van der Waals surface area (Å²) >= 11 is 5.94. The van der Waals surface area contributed by atoms with E-state index in [9.17, 15) is 0 Å². The van der Waals surface area contributed by atoms with E-state index < -0.39 is 0 Å². The molecule has 0 spiro atoms. The first kappa shape index (κ1) is 11.3. The Morgan fingerprint density at radius 2 is 2.00 bits per heavy atom. The van der Waals surface area contributed by atoms with Gasteiger partial charge in [0.15, 0.2) is 0 Å². The molecule has 16 heavy (non-hydrogen) atoms. The van der Waals surface area contributed by atoms with Crippen LogP contribution in [-0.2, 0) is 0 Å². The van der Waals surface area contributed by atoms with E-state index >= 15 is 0 Å². The van der Waals surface area contributed by atoms with Crippen molar-refractivity contribution in [2.75, 3.05) is 5.32 Å². The van der Waals surface area contributed by atoms with Crippen LogP contribution in [0, 0.1) is 11.3 Å². The van der Waals surface area contributed by atoms with Crippen molar-refractivity contribution in [3.05, 3.63) is 28.8 Å². The standard InChI is InChI=1S/C13H15ClN2/c14-11-7-6-10(9-15)13(8-11)16-12-4-2-1-3-5-12/h6-8,12,16H,1-5H2. The number of halogens is 1. The average Bonchev–Trinajstić information content (AvgIpc) is 2.31. The van der Waals surface area contributed by atoms with Gasteiger partial charge in [-0.2, -0.15) is 5.26 Å². The molecule has 1 N–H and O–H groups in total. The molecular formula is C13H15ClN2. The van der Waals surface area contributed by atoms with Crippen LogP contribution in [-0.4, -0.2) is 6.04 Å². The van der Waals surface area contributed by atoms with Crippen LogP contribution < -0.4 is 5.32 Å². The number of nitriles is 1. The molecule has 1 aromatic carbocycles. The van der Waals surface area contributed by atoms with E-state index in [1.165, 1.54) is 32.1 Å². The molecule has 2 nitrogen and oxygen atoms in total. The molecule has 0 bridgehead atoms. The first-order valence-electron chi connectivity index (χ1n) is 5.76. The summed E-state index contributed by atoms with van der Waals surface area (Å²) in [6, 6.07) is 8.06. The second kappa shape index (κ2) is 5.23. The van der Waals surface area contributed by atoms with Gasteiger partial charge in [-0.1, -0.05) is 30.9 Å². The molecule has 0 radical (unpaired) electrons. The highest BCUT2D eigenvalue weighted by Gasteiger charge is 2.14. The van der Waals surface area contributed by atoms with Crippen LogP contribution in [0.25, 0.3) is 0 Å². The van der Waals surface area contributed by atoms with Crippen molar-refractivity contribution in [3.63, 3.8) is 0 Å². The van der Waals surface area contributed by atoms with Gasteiger partial charge in [0, 0.05) is 11.1 Å². The molecule has 3 heteroatoms. The topological polar surface area (TPSA) is 35.8 Å². The van der Waals surface area contributed by atoms with Crippen molar-refractivity contribution in [3.8, 4) is 6.07 Å². The van der Waals surface area contributed by atoms with Crippen LogP contribution in [0.2, 0.25) is 5.02 Å². The van der Waals surface area contributed by atoms with Gasteiger partial charge < -0.3 is 5.32 Å². The lowest BCUT2D eigenvalue weighted by molar-refractivity contribution is 0.462. The summed E-state index contributed by atoms with van der Waals surface area (Å²) in [5.74, 6) is 0. The molecule has 1 saturated carbocycles. The summed E-state index contributed by atoms with van der Waals surface area (Å²) in [6.07, 6.45) is 6.27. The molecule has 0 atom stereocenters. The van der Waals surface area contributed by atoms with E-state index in [0.29, 0.717) is 16.6 Å². The van der Waals surface area contributed by atoms with Crippen molar-refractivity contribution in [2.45, 2.75) is 38.1 Å².